The SMILES string of the molecule is CCOP(=O)(OCC)[C@@H]1NC(=S)N(C(=O)OC(C)(C)C)[C@@H]1c1ccccc1C. The fraction of sp³-hybridized carbons (Fsp3) is 0.579. The molecule has 0 unspecified atom stereocenters. The third-order valence-corrected chi connectivity index (χ3v) is 6.77. The fourth-order valence-corrected chi connectivity index (χ4v) is 5.53. The maximum absolute atomic E-state index is 13.6. The minimum Gasteiger partial charge on any atom is -0.443 e. The number of carbonyl (C=O) groups excluding carboxylic acids is 1. The van der Waals surface area contributed by atoms with Gasteiger partial charge in [-0.05, 0) is 64.9 Å². The molecule has 28 heavy (non-hydrogen) atoms. The van der Waals surface area contributed by atoms with Gasteiger partial charge < -0.3 is 19.1 Å². The highest BCUT2D eigenvalue weighted by Crippen LogP contribution is 2.58. The van der Waals surface area contributed by atoms with Crippen molar-refractivity contribution in [3.63, 3.8) is 0 Å². The largest absolute Gasteiger partial charge is 0.443 e. The number of nitrogens with zero attached hydrogens (tertiary/aromatic N) is 1. The smallest absolute Gasteiger partial charge is 0.417 e. The zero-order valence-corrected chi connectivity index (χ0v) is 18.9. The Labute approximate surface area is 172 Å². The molecule has 2 atom stereocenters. The third-order valence-electron chi connectivity index (χ3n) is 4.12. The highest BCUT2D eigenvalue weighted by Gasteiger charge is 2.53. The summed E-state index contributed by atoms with van der Waals surface area (Å²) in [6.45, 7) is 11.2. The number of hydrogen-bond donors (Lipinski definition) is 1. The Morgan fingerprint density at radius 2 is 1.79 bits per heavy atom. The summed E-state index contributed by atoms with van der Waals surface area (Å²) in [5.74, 6) is -0.839. The van der Waals surface area contributed by atoms with Gasteiger partial charge in [-0.3, -0.25) is 4.57 Å². The Balaban J connectivity index is 2.57. The monoisotopic (exact) mass is 428 g/mol. The summed E-state index contributed by atoms with van der Waals surface area (Å²) in [6, 6.07) is 6.87. The van der Waals surface area contributed by atoms with Crippen molar-refractivity contribution in [3.8, 4) is 0 Å². The summed E-state index contributed by atoms with van der Waals surface area (Å²) in [5.41, 5.74) is 1.02. The molecule has 1 fully saturated rings. The first-order valence-electron chi connectivity index (χ1n) is 9.31. The number of benzene rings is 1. The highest BCUT2D eigenvalue weighted by molar-refractivity contribution is 7.80. The van der Waals surface area contributed by atoms with Gasteiger partial charge in [0.1, 0.15) is 5.60 Å². The summed E-state index contributed by atoms with van der Waals surface area (Å²) in [6.07, 6.45) is -0.611. The molecule has 0 aliphatic carbocycles. The van der Waals surface area contributed by atoms with E-state index in [1.54, 1.807) is 34.6 Å². The van der Waals surface area contributed by atoms with Gasteiger partial charge in [-0.25, -0.2) is 9.69 Å². The summed E-state index contributed by atoms with van der Waals surface area (Å²) in [5, 5.41) is 3.13. The zero-order valence-electron chi connectivity index (χ0n) is 17.2. The van der Waals surface area contributed by atoms with E-state index >= 15 is 0 Å². The van der Waals surface area contributed by atoms with Crippen molar-refractivity contribution in [2.24, 2.45) is 0 Å². The Morgan fingerprint density at radius 1 is 1.21 bits per heavy atom. The molecule has 0 bridgehead atoms. The number of nitrogens with one attached hydrogen (secondary N) is 1. The fourth-order valence-electron chi connectivity index (χ4n) is 3.09. The van der Waals surface area contributed by atoms with E-state index in [1.807, 2.05) is 31.2 Å². The van der Waals surface area contributed by atoms with Crippen LogP contribution in [0.1, 0.15) is 51.8 Å². The van der Waals surface area contributed by atoms with E-state index in [9.17, 15) is 9.36 Å². The maximum Gasteiger partial charge on any atom is 0.417 e. The van der Waals surface area contributed by atoms with Gasteiger partial charge in [0.15, 0.2) is 10.9 Å². The number of thiocarbonyl (C=S) groups is 1. The molecule has 1 saturated heterocycles. The maximum atomic E-state index is 13.6. The Bertz CT molecular complexity index is 770. The van der Waals surface area contributed by atoms with Gasteiger partial charge in [0, 0.05) is 0 Å². The van der Waals surface area contributed by atoms with Crippen LogP contribution in [0.3, 0.4) is 0 Å². The van der Waals surface area contributed by atoms with E-state index in [0.29, 0.717) is 0 Å². The van der Waals surface area contributed by atoms with Gasteiger partial charge in [-0.2, -0.15) is 0 Å². The van der Waals surface area contributed by atoms with Crippen LogP contribution in [-0.4, -0.2) is 40.7 Å². The van der Waals surface area contributed by atoms with Crippen molar-refractivity contribution >= 4 is 31.0 Å². The highest BCUT2D eigenvalue weighted by atomic mass is 32.1. The normalized spacial score (nSPS) is 20.2. The van der Waals surface area contributed by atoms with Gasteiger partial charge >= 0.3 is 13.7 Å². The lowest BCUT2D eigenvalue weighted by Crippen LogP contribution is -2.40. The lowest BCUT2D eigenvalue weighted by molar-refractivity contribution is 0.0330. The van der Waals surface area contributed by atoms with Crippen LogP contribution < -0.4 is 5.32 Å². The van der Waals surface area contributed by atoms with Crippen LogP contribution in [0.15, 0.2) is 24.3 Å². The lowest BCUT2D eigenvalue weighted by Gasteiger charge is -2.32. The summed E-state index contributed by atoms with van der Waals surface area (Å²) in [4.78, 5) is 14.3. The molecule has 1 amide bonds. The summed E-state index contributed by atoms with van der Waals surface area (Å²) in [7, 11) is -3.62. The molecule has 156 valence electrons. The van der Waals surface area contributed by atoms with Gasteiger partial charge in [0.25, 0.3) is 0 Å². The molecule has 2 rings (SSSR count). The third kappa shape index (κ3) is 4.92. The van der Waals surface area contributed by atoms with Crippen molar-refractivity contribution in [2.75, 3.05) is 13.2 Å². The second kappa shape index (κ2) is 8.91. The first-order chi connectivity index (χ1) is 13.0. The predicted octanol–water partition coefficient (Wildman–Crippen LogP) is 4.75. The van der Waals surface area contributed by atoms with Crippen LogP contribution in [0, 0.1) is 6.92 Å². The summed E-state index contributed by atoms with van der Waals surface area (Å²) < 4.78 is 30.2. The van der Waals surface area contributed by atoms with Crippen LogP contribution in [-0.2, 0) is 18.3 Å². The van der Waals surface area contributed by atoms with Crippen LogP contribution in [0.25, 0.3) is 0 Å². The van der Waals surface area contributed by atoms with Crippen molar-refractivity contribution in [1.82, 2.24) is 10.2 Å². The number of amides is 1. The molecule has 0 aromatic heterocycles. The zero-order chi connectivity index (χ0) is 21.1. The molecule has 1 aliphatic rings. The molecule has 1 aromatic carbocycles. The second-order valence-corrected chi connectivity index (χ2v) is 9.96. The number of ether oxygens (including phenoxy) is 1. The molecule has 1 aromatic rings. The van der Waals surface area contributed by atoms with E-state index in [-0.39, 0.29) is 18.3 Å². The van der Waals surface area contributed by atoms with Gasteiger partial charge in [0.05, 0.1) is 19.3 Å². The molecule has 1 heterocycles. The van der Waals surface area contributed by atoms with Crippen molar-refractivity contribution in [3.05, 3.63) is 35.4 Å². The average Bonchev–Trinajstić information content (AvgIpc) is 2.92. The van der Waals surface area contributed by atoms with E-state index in [4.69, 9.17) is 26.0 Å². The van der Waals surface area contributed by atoms with Gasteiger partial charge in [-0.1, -0.05) is 24.3 Å². The van der Waals surface area contributed by atoms with Crippen molar-refractivity contribution in [1.29, 1.82) is 0 Å². The molecule has 0 spiro atoms. The lowest BCUT2D eigenvalue weighted by atomic mass is 10.0. The van der Waals surface area contributed by atoms with Crippen LogP contribution in [0.5, 0.6) is 0 Å². The Kier molecular flexibility index (Phi) is 7.26. The number of rotatable bonds is 6. The molecule has 7 nitrogen and oxygen atoms in total. The minimum absolute atomic E-state index is 0.132. The first-order valence-corrected chi connectivity index (χ1v) is 11.3. The molecule has 0 radical (unpaired) electrons. The van der Waals surface area contributed by atoms with Crippen LogP contribution >= 0.6 is 19.8 Å². The molecule has 9 heteroatoms. The number of aryl methyl sites for hydroxylation is 1. The van der Waals surface area contributed by atoms with Gasteiger partial charge in [0.2, 0.25) is 0 Å². The van der Waals surface area contributed by atoms with Crippen molar-refractivity contribution < 1.29 is 23.1 Å². The number of carbonyl (C=O) groups is 1. The summed E-state index contributed by atoms with van der Waals surface area (Å²) >= 11 is 5.42. The average molecular weight is 428 g/mol. The molecular weight excluding hydrogens is 399 g/mol. The van der Waals surface area contributed by atoms with E-state index in [2.05, 4.69) is 5.32 Å². The second-order valence-electron chi connectivity index (χ2n) is 7.42. The molecular formula is C19H29N2O5PS. The first kappa shape index (κ1) is 22.8. The van der Waals surface area contributed by atoms with Gasteiger partial charge in [-0.15, -0.1) is 0 Å². The van der Waals surface area contributed by atoms with Crippen LogP contribution in [0.2, 0.25) is 0 Å². The van der Waals surface area contributed by atoms with Crippen LogP contribution in [0.4, 0.5) is 4.79 Å². The van der Waals surface area contributed by atoms with E-state index in [1.165, 1.54) is 4.90 Å². The molecule has 0 saturated carbocycles. The minimum atomic E-state index is -3.62. The topological polar surface area (TPSA) is 77.1 Å². The van der Waals surface area contributed by atoms with E-state index in [0.717, 1.165) is 11.1 Å². The number of hydrogen-bond acceptors (Lipinski definition) is 6. The van der Waals surface area contributed by atoms with Crippen molar-refractivity contribution in [2.45, 2.75) is 59.0 Å². The quantitative estimate of drug-likeness (QED) is 0.517. The Morgan fingerprint density at radius 3 is 2.29 bits per heavy atom. The molecule has 1 aliphatic heterocycles. The Hall–Kier alpha value is -1.47. The standard InChI is InChI=1S/C19H29N2O5PS/c1-7-24-27(23,25-8-2)16-15(14-12-10-9-11-13(14)3)21(17(28)20-16)18(22)26-19(4,5)6/h9-12,15-16H,7-8H2,1-6H3,(H,20,28)/t15-,16+/m1/s1. The van der Waals surface area contributed by atoms with E-state index < -0.39 is 31.1 Å². The molecule has 1 N–H and O–H groups in total. The predicted molar refractivity (Wildman–Crippen MR) is 112 cm³/mol.